The van der Waals surface area contributed by atoms with Crippen molar-refractivity contribution in [1.29, 1.82) is 0 Å². The van der Waals surface area contributed by atoms with Crippen LogP contribution in [0.25, 0.3) is 11.0 Å². The Morgan fingerprint density at radius 3 is 2.92 bits per heavy atom. The molecule has 3 heterocycles. The molecule has 1 aromatic heterocycles. The summed E-state index contributed by atoms with van der Waals surface area (Å²) in [6, 6.07) is 7.74. The first-order valence-electron chi connectivity index (χ1n) is 12.0. The molecule has 1 aromatic carbocycles. The third-order valence-corrected chi connectivity index (χ3v) is 6.29. The van der Waals surface area contributed by atoms with E-state index in [9.17, 15) is 13.6 Å². The van der Waals surface area contributed by atoms with Crippen LogP contribution in [-0.4, -0.2) is 71.4 Å². The molecule has 10 heteroatoms. The second-order valence-corrected chi connectivity index (χ2v) is 8.71. The number of rotatable bonds is 3. The van der Waals surface area contributed by atoms with Gasteiger partial charge in [-0.2, -0.15) is 4.99 Å². The van der Waals surface area contributed by atoms with E-state index in [2.05, 4.69) is 9.98 Å². The smallest absolute Gasteiger partial charge is 0.247 e. The lowest BCUT2D eigenvalue weighted by Gasteiger charge is -2.34. The van der Waals surface area contributed by atoms with E-state index in [1.54, 1.807) is 23.5 Å². The largest absolute Gasteiger partial charge is 0.491 e. The first-order chi connectivity index (χ1) is 18.0. The van der Waals surface area contributed by atoms with E-state index in [4.69, 9.17) is 9.73 Å². The lowest BCUT2D eigenvalue weighted by molar-refractivity contribution is -0.131. The van der Waals surface area contributed by atoms with Gasteiger partial charge in [0.2, 0.25) is 11.9 Å². The van der Waals surface area contributed by atoms with Crippen molar-refractivity contribution in [2.45, 2.75) is 13.3 Å². The molecular formula is C27H30F2N6O2. The molecule has 1 aliphatic carbocycles. The predicted octanol–water partition coefficient (Wildman–Crippen LogP) is 4.45. The Balaban J connectivity index is 0.00000156. The van der Waals surface area contributed by atoms with Crippen LogP contribution in [0.4, 0.5) is 8.78 Å². The van der Waals surface area contributed by atoms with Crippen molar-refractivity contribution in [3.05, 3.63) is 78.5 Å². The number of aromatic nitrogens is 2. The fourth-order valence-electron chi connectivity index (χ4n) is 4.54. The Labute approximate surface area is 214 Å². The van der Waals surface area contributed by atoms with E-state index in [-0.39, 0.29) is 35.9 Å². The van der Waals surface area contributed by atoms with Crippen LogP contribution in [0.1, 0.15) is 13.3 Å². The van der Waals surface area contributed by atoms with Gasteiger partial charge in [-0.25, -0.2) is 14.4 Å². The van der Waals surface area contributed by atoms with Gasteiger partial charge >= 0.3 is 0 Å². The van der Waals surface area contributed by atoms with E-state index >= 15 is 0 Å². The molecule has 0 radical (unpaired) electrons. The number of benzene rings is 1. The van der Waals surface area contributed by atoms with Crippen LogP contribution in [0.3, 0.4) is 0 Å². The third kappa shape index (κ3) is 5.68. The van der Waals surface area contributed by atoms with Crippen molar-refractivity contribution in [3.63, 3.8) is 0 Å². The zero-order valence-corrected chi connectivity index (χ0v) is 21.1. The minimum Gasteiger partial charge on any atom is -0.491 e. The number of allylic oxidation sites excluding steroid dienone is 5. The molecule has 37 heavy (non-hydrogen) atoms. The Morgan fingerprint density at radius 2 is 2.11 bits per heavy atom. The summed E-state index contributed by atoms with van der Waals surface area (Å²) in [6.07, 6.45) is 12.8. The van der Waals surface area contributed by atoms with Gasteiger partial charge in [0.1, 0.15) is 6.33 Å². The Morgan fingerprint density at radius 1 is 1.30 bits per heavy atom. The van der Waals surface area contributed by atoms with Crippen LogP contribution in [0.2, 0.25) is 0 Å². The van der Waals surface area contributed by atoms with Crippen molar-refractivity contribution in [1.82, 2.24) is 19.4 Å². The lowest BCUT2D eigenvalue weighted by Crippen LogP contribution is -2.44. The molecule has 0 fully saturated rings. The fraction of sp³-hybridized carbons (Fsp3) is 0.333. The van der Waals surface area contributed by atoms with Gasteiger partial charge in [0.05, 0.1) is 31.4 Å². The Kier molecular flexibility index (Phi) is 8.27. The maximum absolute atomic E-state index is 14.2. The number of carbonyl (C=O) groups excluding carboxylic acids is 1. The first-order valence-corrected chi connectivity index (χ1v) is 12.0. The number of fused-ring (bicyclic) bond motifs is 2. The second-order valence-electron chi connectivity index (χ2n) is 8.71. The van der Waals surface area contributed by atoms with Crippen LogP contribution < -0.4 is 0 Å². The summed E-state index contributed by atoms with van der Waals surface area (Å²) in [6.45, 7) is 2.89. The molecule has 2 aromatic rings. The zero-order chi connectivity index (χ0) is 26.4. The summed E-state index contributed by atoms with van der Waals surface area (Å²) in [7, 11) is 2.34. The first kappa shape index (κ1) is 26.0. The van der Waals surface area contributed by atoms with Gasteiger partial charge in [-0.15, -0.1) is 0 Å². The maximum atomic E-state index is 14.2. The zero-order valence-electron chi connectivity index (χ0n) is 21.1. The number of ether oxygens (including phenoxy) is 1. The van der Waals surface area contributed by atoms with Crippen LogP contribution >= 0.6 is 0 Å². The number of likely N-dealkylation sites (N-methyl/N-ethyl adjacent to an activating group) is 1. The molecule has 0 N–H and O–H groups in total. The molecule has 1 unspecified atom stereocenters. The van der Waals surface area contributed by atoms with Crippen molar-refractivity contribution in [2.24, 2.45) is 21.8 Å². The quantitative estimate of drug-likeness (QED) is 0.454. The number of hydrogen-bond donors (Lipinski definition) is 0. The van der Waals surface area contributed by atoms with Gasteiger partial charge in [0.15, 0.2) is 17.4 Å². The van der Waals surface area contributed by atoms with Crippen LogP contribution in [0.5, 0.6) is 0 Å². The van der Waals surface area contributed by atoms with E-state index in [0.29, 0.717) is 38.5 Å². The van der Waals surface area contributed by atoms with Crippen molar-refractivity contribution < 1.29 is 18.3 Å². The summed E-state index contributed by atoms with van der Waals surface area (Å²) in [5.41, 5.74) is 1.70. The fourth-order valence-corrected chi connectivity index (χ4v) is 4.54. The minimum absolute atomic E-state index is 0.0428. The number of imidazole rings is 1. The van der Waals surface area contributed by atoms with Crippen LogP contribution in [-0.2, 0) is 9.53 Å². The highest BCUT2D eigenvalue weighted by atomic mass is 19.1. The molecule has 0 saturated carbocycles. The van der Waals surface area contributed by atoms with Crippen molar-refractivity contribution in [2.75, 3.05) is 33.9 Å². The molecule has 2 atom stereocenters. The summed E-state index contributed by atoms with van der Waals surface area (Å²) in [5, 5.41) is 0. The molecule has 3 aliphatic rings. The monoisotopic (exact) mass is 508 g/mol. The molecule has 0 saturated heterocycles. The van der Waals surface area contributed by atoms with Crippen molar-refractivity contribution >= 4 is 29.1 Å². The molecule has 2 bridgehead atoms. The summed E-state index contributed by atoms with van der Waals surface area (Å²) < 4.78 is 31.2. The minimum atomic E-state index is -0.375. The van der Waals surface area contributed by atoms with Crippen molar-refractivity contribution in [3.8, 4) is 0 Å². The van der Waals surface area contributed by atoms with Gasteiger partial charge < -0.3 is 9.64 Å². The van der Waals surface area contributed by atoms with Gasteiger partial charge in [-0.3, -0.25) is 18.7 Å². The number of amides is 1. The molecular weight excluding hydrogens is 478 g/mol. The summed E-state index contributed by atoms with van der Waals surface area (Å²) in [4.78, 5) is 30.5. The Bertz CT molecular complexity index is 1320. The number of hydrogen-bond acceptors (Lipinski definition) is 5. The molecule has 8 nitrogen and oxygen atoms in total. The van der Waals surface area contributed by atoms with Crippen LogP contribution in [0, 0.1) is 11.8 Å². The average molecular weight is 509 g/mol. The highest BCUT2D eigenvalue weighted by Gasteiger charge is 2.32. The van der Waals surface area contributed by atoms with Gasteiger partial charge in [-0.05, 0) is 43.5 Å². The number of alkyl halides is 1. The predicted molar refractivity (Wildman–Crippen MR) is 140 cm³/mol. The molecule has 0 spiro atoms. The normalized spacial score (nSPS) is 22.0. The maximum Gasteiger partial charge on any atom is 0.247 e. The number of carbonyl (C=O) groups is 1. The lowest BCUT2D eigenvalue weighted by atomic mass is 9.88. The third-order valence-electron chi connectivity index (χ3n) is 6.29. The van der Waals surface area contributed by atoms with E-state index < -0.39 is 0 Å². The Hall–Kier alpha value is -4.08. The summed E-state index contributed by atoms with van der Waals surface area (Å²) in [5.74, 6) is 0.736. The highest BCUT2D eigenvalue weighted by molar-refractivity contribution is 5.96. The number of halogens is 2. The summed E-state index contributed by atoms with van der Waals surface area (Å²) >= 11 is 0. The molecule has 2 aliphatic heterocycles. The number of aliphatic imine (C=N–C) groups is 2. The second kappa shape index (κ2) is 11.8. The standard InChI is InChI=1S/C26H27FN6O2.CH3F/c1-3-28-26(33-17-29-21-9-4-5-10-22(21)33)30-24-15-31(2)16-25(34)32(24)14-19-11-12-35-23-13-18(19)7-6-8-20(23)27;1-2/h3-10,13,15,17-19H,11-12,14,16H2,1-2H3;1H3/b28-3-,30-26+;/t18?,19-;/m0./s1. The average Bonchev–Trinajstić information content (AvgIpc) is 3.11. The number of nitrogens with zero attached hydrogens (tertiary/aromatic N) is 6. The van der Waals surface area contributed by atoms with Gasteiger partial charge in [-0.1, -0.05) is 24.3 Å². The van der Waals surface area contributed by atoms with Gasteiger partial charge in [0, 0.05) is 31.9 Å². The van der Waals surface area contributed by atoms with Crippen LogP contribution in [0.15, 0.2) is 88.5 Å². The molecule has 5 rings (SSSR count). The SMILES string of the molecule is C/C=N\C(=N/C1=CN(C)CC(=O)N1C[C@@H]1CCOC2=CC1C=CC=C2F)n1cnc2ccccc21.CF. The van der Waals surface area contributed by atoms with Gasteiger partial charge in [0.25, 0.3) is 0 Å². The molecule has 1 amide bonds. The number of para-hydroxylation sites is 2. The van der Waals surface area contributed by atoms with E-state index in [1.165, 1.54) is 6.08 Å². The topological polar surface area (TPSA) is 75.3 Å². The highest BCUT2D eigenvalue weighted by Crippen LogP contribution is 2.32. The van der Waals surface area contributed by atoms with E-state index in [0.717, 1.165) is 11.0 Å². The molecule has 194 valence electrons. The van der Waals surface area contributed by atoms with E-state index in [1.807, 2.05) is 66.1 Å².